The number of rotatable bonds is 8. The Balaban J connectivity index is 2.51. The van der Waals surface area contributed by atoms with E-state index in [4.69, 9.17) is 5.11 Å². The average Bonchev–Trinajstić information content (AvgIpc) is 2.91. The third-order valence-electron chi connectivity index (χ3n) is 2.81. The maximum Gasteiger partial charge on any atom is 0.326 e. The standard InChI is InChI=1S/C14H20N2O4S2/c1-8(2)6-9(14(19)20)16-11(17)7-15-13(18)12-10(21-3)4-5-22-12/h4-5,8-9H,6-7H2,1-3H3,(H,15,18)(H,16,17)(H,19,20)/t9-/m0/s1. The molecule has 2 amide bonds. The molecule has 1 aromatic heterocycles. The Hall–Kier alpha value is -1.54. The van der Waals surface area contributed by atoms with Gasteiger partial charge in [-0.25, -0.2) is 4.79 Å². The van der Waals surface area contributed by atoms with Gasteiger partial charge in [0.05, 0.1) is 6.54 Å². The van der Waals surface area contributed by atoms with Crippen LogP contribution in [0.5, 0.6) is 0 Å². The fourth-order valence-corrected chi connectivity index (χ4v) is 3.47. The third-order valence-corrected chi connectivity index (χ3v) is 4.63. The van der Waals surface area contributed by atoms with Gasteiger partial charge in [-0.1, -0.05) is 13.8 Å². The number of nitrogens with one attached hydrogen (secondary N) is 2. The van der Waals surface area contributed by atoms with Gasteiger partial charge in [0.15, 0.2) is 0 Å². The molecule has 8 heteroatoms. The molecule has 1 atom stereocenters. The second-order valence-electron chi connectivity index (χ2n) is 5.09. The molecule has 0 radical (unpaired) electrons. The van der Waals surface area contributed by atoms with Crippen molar-refractivity contribution in [1.82, 2.24) is 10.6 Å². The lowest BCUT2D eigenvalue weighted by atomic mass is 10.0. The van der Waals surface area contributed by atoms with Crippen molar-refractivity contribution in [1.29, 1.82) is 0 Å². The van der Waals surface area contributed by atoms with Crippen molar-refractivity contribution in [3.8, 4) is 0 Å². The molecule has 0 saturated heterocycles. The van der Waals surface area contributed by atoms with Crippen molar-refractivity contribution in [3.05, 3.63) is 16.3 Å². The lowest BCUT2D eigenvalue weighted by Gasteiger charge is -2.16. The summed E-state index contributed by atoms with van der Waals surface area (Å²) in [4.78, 5) is 36.2. The lowest BCUT2D eigenvalue weighted by Crippen LogP contribution is -2.46. The van der Waals surface area contributed by atoms with Gasteiger partial charge in [0.1, 0.15) is 10.9 Å². The Morgan fingerprint density at radius 2 is 2.05 bits per heavy atom. The Morgan fingerprint density at radius 3 is 2.59 bits per heavy atom. The molecule has 0 spiro atoms. The summed E-state index contributed by atoms with van der Waals surface area (Å²) in [7, 11) is 0. The van der Waals surface area contributed by atoms with Gasteiger partial charge in [0.25, 0.3) is 5.91 Å². The molecule has 3 N–H and O–H groups in total. The molecule has 1 aromatic rings. The minimum absolute atomic E-state index is 0.145. The van der Waals surface area contributed by atoms with Crippen LogP contribution in [0.1, 0.15) is 29.9 Å². The van der Waals surface area contributed by atoms with Crippen LogP contribution in [0.2, 0.25) is 0 Å². The number of carbonyl (C=O) groups excluding carboxylic acids is 2. The monoisotopic (exact) mass is 344 g/mol. The first kappa shape index (κ1) is 18.5. The maximum absolute atomic E-state index is 12.0. The van der Waals surface area contributed by atoms with Crippen LogP contribution >= 0.6 is 23.1 Å². The molecule has 0 aliphatic rings. The first-order chi connectivity index (χ1) is 10.3. The predicted octanol–water partition coefficient (Wildman–Crippen LogP) is 1.82. The highest BCUT2D eigenvalue weighted by Crippen LogP contribution is 2.25. The number of hydrogen-bond donors (Lipinski definition) is 3. The molecule has 0 fully saturated rings. The fraction of sp³-hybridized carbons (Fsp3) is 0.500. The van der Waals surface area contributed by atoms with Crippen molar-refractivity contribution in [2.45, 2.75) is 31.2 Å². The van der Waals surface area contributed by atoms with Crippen molar-refractivity contribution < 1.29 is 19.5 Å². The van der Waals surface area contributed by atoms with Gasteiger partial charge in [0.2, 0.25) is 5.91 Å². The molecule has 122 valence electrons. The molecule has 0 aromatic carbocycles. The molecule has 22 heavy (non-hydrogen) atoms. The van der Waals surface area contributed by atoms with E-state index in [2.05, 4.69) is 10.6 Å². The highest BCUT2D eigenvalue weighted by atomic mass is 32.2. The molecule has 0 bridgehead atoms. The van der Waals surface area contributed by atoms with E-state index < -0.39 is 17.9 Å². The van der Waals surface area contributed by atoms with Crippen molar-refractivity contribution in [2.75, 3.05) is 12.8 Å². The zero-order valence-corrected chi connectivity index (χ0v) is 14.3. The van der Waals surface area contributed by atoms with Crippen LogP contribution < -0.4 is 10.6 Å². The van der Waals surface area contributed by atoms with Crippen molar-refractivity contribution in [2.24, 2.45) is 5.92 Å². The van der Waals surface area contributed by atoms with E-state index in [0.717, 1.165) is 4.90 Å². The highest BCUT2D eigenvalue weighted by Gasteiger charge is 2.21. The summed E-state index contributed by atoms with van der Waals surface area (Å²) in [5.74, 6) is -1.77. The van der Waals surface area contributed by atoms with E-state index in [1.54, 1.807) is 0 Å². The number of thioether (sulfide) groups is 1. The highest BCUT2D eigenvalue weighted by molar-refractivity contribution is 7.98. The van der Waals surface area contributed by atoms with Crippen LogP contribution in [0, 0.1) is 5.92 Å². The number of thiophene rings is 1. The Kier molecular flexibility index (Phi) is 7.40. The van der Waals surface area contributed by atoms with Crippen LogP contribution in [0.25, 0.3) is 0 Å². The molecule has 0 unspecified atom stereocenters. The predicted molar refractivity (Wildman–Crippen MR) is 87.5 cm³/mol. The van der Waals surface area contributed by atoms with Gasteiger partial charge >= 0.3 is 5.97 Å². The molecule has 0 saturated carbocycles. The minimum atomic E-state index is -1.07. The fourth-order valence-electron chi connectivity index (χ4n) is 1.80. The second-order valence-corrected chi connectivity index (χ2v) is 6.85. The summed E-state index contributed by atoms with van der Waals surface area (Å²) in [6, 6.07) is 0.904. The minimum Gasteiger partial charge on any atom is -0.480 e. The molecular weight excluding hydrogens is 324 g/mol. The number of carboxylic acid groups (broad SMARTS) is 1. The Morgan fingerprint density at radius 1 is 1.36 bits per heavy atom. The molecular formula is C14H20N2O4S2. The topological polar surface area (TPSA) is 95.5 Å². The van der Waals surface area contributed by atoms with Crippen LogP contribution in [-0.4, -0.2) is 41.7 Å². The summed E-state index contributed by atoms with van der Waals surface area (Å²) in [5.41, 5.74) is 0. The number of carbonyl (C=O) groups is 3. The summed E-state index contributed by atoms with van der Waals surface area (Å²) in [6.45, 7) is 3.52. The van der Waals surface area contributed by atoms with E-state index in [1.165, 1.54) is 23.1 Å². The molecule has 0 aliphatic carbocycles. The van der Waals surface area contributed by atoms with E-state index in [-0.39, 0.29) is 18.4 Å². The Bertz CT molecular complexity index is 543. The smallest absolute Gasteiger partial charge is 0.326 e. The van der Waals surface area contributed by atoms with E-state index >= 15 is 0 Å². The number of aliphatic carboxylic acids is 1. The largest absolute Gasteiger partial charge is 0.480 e. The van der Waals surface area contributed by atoms with Gasteiger partial charge in [0, 0.05) is 4.90 Å². The quantitative estimate of drug-likeness (QED) is 0.625. The van der Waals surface area contributed by atoms with Crippen LogP contribution in [0.3, 0.4) is 0 Å². The van der Waals surface area contributed by atoms with Crippen LogP contribution in [0.15, 0.2) is 16.3 Å². The zero-order valence-electron chi connectivity index (χ0n) is 12.7. The first-order valence-corrected chi connectivity index (χ1v) is 8.87. The van der Waals surface area contributed by atoms with Gasteiger partial charge < -0.3 is 15.7 Å². The maximum atomic E-state index is 12.0. The zero-order chi connectivity index (χ0) is 16.7. The van der Waals surface area contributed by atoms with Crippen LogP contribution in [0.4, 0.5) is 0 Å². The molecule has 1 rings (SSSR count). The molecule has 6 nitrogen and oxygen atoms in total. The van der Waals surface area contributed by atoms with E-state index in [9.17, 15) is 14.4 Å². The summed E-state index contributed by atoms with van der Waals surface area (Å²) >= 11 is 2.76. The average molecular weight is 344 g/mol. The van der Waals surface area contributed by atoms with Gasteiger partial charge in [-0.2, -0.15) is 0 Å². The number of hydrogen-bond acceptors (Lipinski definition) is 5. The van der Waals surface area contributed by atoms with Gasteiger partial charge in [-0.3, -0.25) is 9.59 Å². The third kappa shape index (κ3) is 5.69. The summed E-state index contributed by atoms with van der Waals surface area (Å²) in [5, 5.41) is 15.8. The number of carboxylic acids is 1. The van der Waals surface area contributed by atoms with E-state index in [0.29, 0.717) is 11.3 Å². The van der Waals surface area contributed by atoms with Gasteiger partial charge in [-0.05, 0) is 30.0 Å². The summed E-state index contributed by atoms with van der Waals surface area (Å²) in [6.07, 6.45) is 2.21. The van der Waals surface area contributed by atoms with Gasteiger partial charge in [-0.15, -0.1) is 23.1 Å². The normalized spacial score (nSPS) is 12.0. The van der Waals surface area contributed by atoms with Crippen LogP contribution in [-0.2, 0) is 9.59 Å². The van der Waals surface area contributed by atoms with Crippen molar-refractivity contribution in [3.63, 3.8) is 0 Å². The molecule has 1 heterocycles. The second kappa shape index (κ2) is 8.79. The Labute approximate surface area is 137 Å². The van der Waals surface area contributed by atoms with E-state index in [1.807, 2.05) is 31.5 Å². The molecule has 0 aliphatic heterocycles. The number of amides is 2. The first-order valence-electron chi connectivity index (χ1n) is 6.77. The SMILES string of the molecule is CSc1ccsc1C(=O)NCC(=O)N[C@@H](CC(C)C)C(=O)O. The summed E-state index contributed by atoms with van der Waals surface area (Å²) < 4.78 is 0. The van der Waals surface area contributed by atoms with Crippen molar-refractivity contribution >= 4 is 40.9 Å². The lowest BCUT2D eigenvalue weighted by molar-refractivity contribution is -0.142.